The minimum atomic E-state index is -0.793. The highest BCUT2D eigenvalue weighted by Gasteiger charge is 2.47. The van der Waals surface area contributed by atoms with Gasteiger partial charge in [-0.05, 0) is 61.7 Å². The molecule has 0 aliphatic carbocycles. The molecule has 1 amide bonds. The van der Waals surface area contributed by atoms with Gasteiger partial charge in [0.1, 0.15) is 29.1 Å². The topological polar surface area (TPSA) is 80.0 Å². The third kappa shape index (κ3) is 4.70. The van der Waals surface area contributed by atoms with Crippen LogP contribution in [-0.2, 0) is 16.0 Å². The van der Waals surface area contributed by atoms with Gasteiger partial charge in [0.25, 0.3) is 11.7 Å². The van der Waals surface area contributed by atoms with Crippen LogP contribution >= 0.6 is 0 Å². The van der Waals surface area contributed by atoms with Crippen molar-refractivity contribution < 1.29 is 23.8 Å². The van der Waals surface area contributed by atoms with Gasteiger partial charge in [-0.3, -0.25) is 9.59 Å². The molecule has 1 N–H and O–H groups in total. The number of ether oxygens (including phenoxy) is 1. The molecule has 6 nitrogen and oxygen atoms in total. The number of benzene rings is 2. The summed E-state index contributed by atoms with van der Waals surface area (Å²) in [6.07, 6.45) is 1.46. The van der Waals surface area contributed by atoms with E-state index in [0.717, 1.165) is 12.0 Å². The third-order valence-corrected chi connectivity index (χ3v) is 5.66. The second kappa shape index (κ2) is 9.77. The largest absolute Gasteiger partial charge is 0.507 e. The standard InChI is InChI=1S/C27H27NO5/c1-3-17-32-21-12-10-20(11-13-21)25(29)23-24(22-14-9-18(2)33-22)28(27(31)26(23)30)16-15-19-7-5-4-6-8-19/h4-14,24,29H,3,15-17H2,1-2H3/b25-23+. The molecule has 3 aromatic rings. The number of hydrogen-bond acceptors (Lipinski definition) is 5. The average Bonchev–Trinajstić information content (AvgIpc) is 3.37. The van der Waals surface area contributed by atoms with Gasteiger partial charge in [-0.1, -0.05) is 37.3 Å². The molecule has 1 saturated heterocycles. The van der Waals surface area contributed by atoms with Crippen LogP contribution in [0, 0.1) is 6.92 Å². The summed E-state index contributed by atoms with van der Waals surface area (Å²) in [4.78, 5) is 27.6. The molecule has 170 valence electrons. The van der Waals surface area contributed by atoms with E-state index in [1.54, 1.807) is 43.3 Å². The van der Waals surface area contributed by atoms with Gasteiger partial charge in [-0.15, -0.1) is 0 Å². The lowest BCUT2D eigenvalue weighted by molar-refractivity contribution is -0.140. The molecule has 2 heterocycles. The molecule has 1 fully saturated rings. The molecule has 1 atom stereocenters. The third-order valence-electron chi connectivity index (χ3n) is 5.66. The van der Waals surface area contributed by atoms with Gasteiger partial charge < -0.3 is 19.2 Å². The van der Waals surface area contributed by atoms with Crippen molar-refractivity contribution in [2.75, 3.05) is 13.2 Å². The fourth-order valence-corrected chi connectivity index (χ4v) is 3.99. The molecule has 0 bridgehead atoms. The van der Waals surface area contributed by atoms with E-state index in [0.29, 0.717) is 42.4 Å². The Morgan fingerprint density at radius 1 is 1.03 bits per heavy atom. The van der Waals surface area contributed by atoms with Crippen molar-refractivity contribution in [1.29, 1.82) is 0 Å². The van der Waals surface area contributed by atoms with Crippen LogP contribution in [0.25, 0.3) is 5.76 Å². The van der Waals surface area contributed by atoms with Crippen LogP contribution in [-0.4, -0.2) is 34.8 Å². The smallest absolute Gasteiger partial charge is 0.295 e. The van der Waals surface area contributed by atoms with E-state index < -0.39 is 17.7 Å². The number of carbonyl (C=O) groups excluding carboxylic acids is 2. The van der Waals surface area contributed by atoms with E-state index in [9.17, 15) is 14.7 Å². The Kier molecular flexibility index (Phi) is 6.63. The highest BCUT2D eigenvalue weighted by atomic mass is 16.5. The summed E-state index contributed by atoms with van der Waals surface area (Å²) in [5, 5.41) is 11.1. The summed E-state index contributed by atoms with van der Waals surface area (Å²) in [5.74, 6) is 0.201. The van der Waals surface area contributed by atoms with Gasteiger partial charge in [-0.2, -0.15) is 0 Å². The predicted molar refractivity (Wildman–Crippen MR) is 125 cm³/mol. The summed E-state index contributed by atoms with van der Waals surface area (Å²) >= 11 is 0. The van der Waals surface area contributed by atoms with Crippen molar-refractivity contribution in [2.45, 2.75) is 32.7 Å². The Morgan fingerprint density at radius 2 is 1.76 bits per heavy atom. The second-order valence-electron chi connectivity index (χ2n) is 8.05. The number of amides is 1. The molecule has 0 radical (unpaired) electrons. The Balaban J connectivity index is 1.70. The summed E-state index contributed by atoms with van der Waals surface area (Å²) in [7, 11) is 0. The van der Waals surface area contributed by atoms with Crippen LogP contribution in [0.2, 0.25) is 0 Å². The number of Topliss-reactive ketones (excluding diaryl/α,β-unsaturated/α-hetero) is 1. The first kappa shape index (κ1) is 22.4. The molecule has 0 spiro atoms. The molecule has 1 aromatic heterocycles. The Labute approximate surface area is 193 Å². The van der Waals surface area contributed by atoms with Gasteiger partial charge in [-0.25, -0.2) is 0 Å². The maximum atomic E-state index is 13.1. The van der Waals surface area contributed by atoms with E-state index in [-0.39, 0.29) is 11.3 Å². The minimum absolute atomic E-state index is 0.0321. The van der Waals surface area contributed by atoms with Gasteiger partial charge in [0.15, 0.2) is 0 Å². The Hall–Kier alpha value is -3.80. The van der Waals surface area contributed by atoms with Gasteiger partial charge >= 0.3 is 0 Å². The van der Waals surface area contributed by atoms with Crippen molar-refractivity contribution in [1.82, 2.24) is 4.90 Å². The average molecular weight is 446 g/mol. The predicted octanol–water partition coefficient (Wildman–Crippen LogP) is 5.04. The van der Waals surface area contributed by atoms with E-state index in [4.69, 9.17) is 9.15 Å². The zero-order valence-electron chi connectivity index (χ0n) is 18.8. The van der Waals surface area contributed by atoms with Gasteiger partial charge in [0.2, 0.25) is 0 Å². The quantitative estimate of drug-likeness (QED) is 0.298. The number of aliphatic hydroxyl groups excluding tert-OH is 1. The second-order valence-corrected chi connectivity index (χ2v) is 8.05. The van der Waals surface area contributed by atoms with Crippen LogP contribution in [0.1, 0.15) is 42.0 Å². The summed E-state index contributed by atoms with van der Waals surface area (Å²) in [6, 6.07) is 19.3. The van der Waals surface area contributed by atoms with Crippen LogP contribution in [0.4, 0.5) is 0 Å². The lowest BCUT2D eigenvalue weighted by Gasteiger charge is -2.23. The first-order valence-corrected chi connectivity index (χ1v) is 11.1. The van der Waals surface area contributed by atoms with Gasteiger partial charge in [0, 0.05) is 12.1 Å². The lowest BCUT2D eigenvalue weighted by Crippen LogP contribution is -2.31. The fourth-order valence-electron chi connectivity index (χ4n) is 3.99. The van der Waals surface area contributed by atoms with Crippen molar-refractivity contribution in [3.05, 3.63) is 95.0 Å². The lowest BCUT2D eigenvalue weighted by atomic mass is 9.99. The molecular weight excluding hydrogens is 418 g/mol. The number of ketones is 1. The maximum Gasteiger partial charge on any atom is 0.295 e. The molecule has 1 aliphatic rings. The minimum Gasteiger partial charge on any atom is -0.507 e. The van der Waals surface area contributed by atoms with Crippen molar-refractivity contribution in [3.8, 4) is 5.75 Å². The monoisotopic (exact) mass is 445 g/mol. The van der Waals surface area contributed by atoms with Crippen LogP contribution in [0.15, 0.2) is 76.7 Å². The van der Waals surface area contributed by atoms with E-state index in [1.807, 2.05) is 37.3 Å². The SMILES string of the molecule is CCCOc1ccc(/C(O)=C2\C(=O)C(=O)N(CCc3ccccc3)C2c2ccc(C)o2)cc1. The number of hydrogen-bond donors (Lipinski definition) is 1. The molecule has 0 saturated carbocycles. The molecule has 33 heavy (non-hydrogen) atoms. The highest BCUT2D eigenvalue weighted by molar-refractivity contribution is 6.46. The van der Waals surface area contributed by atoms with E-state index >= 15 is 0 Å². The Morgan fingerprint density at radius 3 is 2.39 bits per heavy atom. The first-order valence-electron chi connectivity index (χ1n) is 11.1. The zero-order chi connectivity index (χ0) is 23.4. The van der Waals surface area contributed by atoms with Crippen molar-refractivity contribution in [3.63, 3.8) is 0 Å². The van der Waals surface area contributed by atoms with Crippen LogP contribution in [0.3, 0.4) is 0 Å². The molecule has 1 aliphatic heterocycles. The van der Waals surface area contributed by atoms with Crippen LogP contribution < -0.4 is 4.74 Å². The number of likely N-dealkylation sites (tertiary alicyclic amines) is 1. The molecular formula is C27H27NO5. The first-order chi connectivity index (χ1) is 16.0. The highest BCUT2D eigenvalue weighted by Crippen LogP contribution is 2.40. The number of rotatable bonds is 8. The van der Waals surface area contributed by atoms with Crippen molar-refractivity contribution >= 4 is 17.4 Å². The zero-order valence-corrected chi connectivity index (χ0v) is 18.8. The summed E-state index contributed by atoms with van der Waals surface area (Å²) < 4.78 is 11.4. The van der Waals surface area contributed by atoms with E-state index in [2.05, 4.69) is 0 Å². The normalized spacial score (nSPS) is 17.5. The van der Waals surface area contributed by atoms with E-state index in [1.165, 1.54) is 4.90 Å². The summed E-state index contributed by atoms with van der Waals surface area (Å²) in [5.41, 5.74) is 1.52. The fraction of sp³-hybridized carbons (Fsp3) is 0.259. The number of furan rings is 1. The Bertz CT molecular complexity index is 1160. The molecule has 6 heteroatoms. The number of aryl methyl sites for hydroxylation is 1. The molecule has 1 unspecified atom stereocenters. The number of nitrogens with zero attached hydrogens (tertiary/aromatic N) is 1. The van der Waals surface area contributed by atoms with Crippen LogP contribution in [0.5, 0.6) is 5.75 Å². The maximum absolute atomic E-state index is 13.1. The summed E-state index contributed by atoms with van der Waals surface area (Å²) in [6.45, 7) is 4.73. The van der Waals surface area contributed by atoms with Crippen molar-refractivity contribution in [2.24, 2.45) is 0 Å². The number of carbonyl (C=O) groups is 2. The molecule has 2 aromatic carbocycles. The number of aliphatic hydroxyl groups is 1. The van der Waals surface area contributed by atoms with Gasteiger partial charge in [0.05, 0.1) is 12.2 Å². The molecule has 4 rings (SSSR count).